The second-order valence-corrected chi connectivity index (χ2v) is 6.86. The molecule has 2 aromatic rings. The minimum atomic E-state index is 0.190. The van der Waals surface area contributed by atoms with Crippen LogP contribution in [0.3, 0.4) is 0 Å². The number of hydrogen-bond donors (Lipinski definition) is 2. The van der Waals surface area contributed by atoms with Gasteiger partial charge in [-0.2, -0.15) is 0 Å². The molecule has 102 valence electrons. The van der Waals surface area contributed by atoms with Gasteiger partial charge in [-0.05, 0) is 36.1 Å². The molecule has 1 aliphatic heterocycles. The molecule has 1 aliphatic rings. The third-order valence-electron chi connectivity index (χ3n) is 4.48. The highest BCUT2D eigenvalue weighted by Crippen LogP contribution is 2.40. The second kappa shape index (κ2) is 4.11. The van der Waals surface area contributed by atoms with Crippen molar-refractivity contribution in [2.45, 2.75) is 52.0 Å². The van der Waals surface area contributed by atoms with Gasteiger partial charge in [-0.3, -0.25) is 0 Å². The van der Waals surface area contributed by atoms with Gasteiger partial charge in [-0.1, -0.05) is 33.8 Å². The molecule has 0 saturated heterocycles. The predicted octanol–water partition coefficient (Wildman–Crippen LogP) is 4.23. The molecular weight excluding hydrogens is 232 g/mol. The third-order valence-corrected chi connectivity index (χ3v) is 4.48. The Morgan fingerprint density at radius 3 is 2.68 bits per heavy atom. The lowest BCUT2D eigenvalue weighted by atomic mass is 9.78. The number of fused-ring (bicyclic) bond motifs is 3. The average molecular weight is 256 g/mol. The Balaban J connectivity index is 2.30. The van der Waals surface area contributed by atoms with Crippen molar-refractivity contribution in [2.75, 3.05) is 6.54 Å². The Hall–Kier alpha value is -1.28. The molecule has 3 rings (SSSR count). The van der Waals surface area contributed by atoms with Crippen LogP contribution in [0.15, 0.2) is 18.2 Å². The van der Waals surface area contributed by atoms with E-state index in [1.165, 1.54) is 27.7 Å². The molecule has 0 saturated carbocycles. The molecule has 1 aromatic carbocycles. The normalized spacial score (nSPS) is 21.9. The van der Waals surface area contributed by atoms with Gasteiger partial charge in [0.2, 0.25) is 0 Å². The number of H-pyrrole nitrogens is 1. The van der Waals surface area contributed by atoms with E-state index in [1.807, 2.05) is 0 Å². The topological polar surface area (TPSA) is 27.8 Å². The Labute approximate surface area is 115 Å². The van der Waals surface area contributed by atoms with E-state index in [0.717, 1.165) is 6.54 Å². The molecule has 0 radical (unpaired) electrons. The summed E-state index contributed by atoms with van der Waals surface area (Å²) in [6, 6.07) is 7.29. The lowest BCUT2D eigenvalue weighted by molar-refractivity contribution is 0.394. The zero-order valence-electron chi connectivity index (χ0n) is 12.6. The van der Waals surface area contributed by atoms with Crippen LogP contribution in [0.2, 0.25) is 0 Å². The molecule has 1 atom stereocenters. The van der Waals surface area contributed by atoms with E-state index in [4.69, 9.17) is 0 Å². The first-order valence-corrected chi connectivity index (χ1v) is 7.29. The summed E-state index contributed by atoms with van der Waals surface area (Å²) in [5, 5.41) is 5.01. The van der Waals surface area contributed by atoms with Crippen molar-refractivity contribution in [3.63, 3.8) is 0 Å². The van der Waals surface area contributed by atoms with E-state index >= 15 is 0 Å². The lowest BCUT2D eigenvalue weighted by Gasteiger charge is -2.34. The molecule has 19 heavy (non-hydrogen) atoms. The van der Waals surface area contributed by atoms with Gasteiger partial charge < -0.3 is 10.3 Å². The van der Waals surface area contributed by atoms with Gasteiger partial charge in [-0.15, -0.1) is 0 Å². The Morgan fingerprint density at radius 2 is 2.00 bits per heavy atom. The van der Waals surface area contributed by atoms with E-state index in [0.29, 0.717) is 12.0 Å². The quantitative estimate of drug-likeness (QED) is 0.785. The van der Waals surface area contributed by atoms with Crippen LogP contribution in [-0.2, 0) is 5.41 Å². The summed E-state index contributed by atoms with van der Waals surface area (Å²) in [4.78, 5) is 3.63. The average Bonchev–Trinajstić information content (AvgIpc) is 2.74. The molecule has 2 N–H and O–H groups in total. The summed E-state index contributed by atoms with van der Waals surface area (Å²) in [5.74, 6) is 0.581. The van der Waals surface area contributed by atoms with Gasteiger partial charge >= 0.3 is 0 Å². The zero-order chi connectivity index (χ0) is 13.8. The Bertz CT molecular complexity index is 619. The maximum atomic E-state index is 3.63. The van der Waals surface area contributed by atoms with Crippen molar-refractivity contribution >= 4 is 10.9 Å². The summed E-state index contributed by atoms with van der Waals surface area (Å²) >= 11 is 0. The van der Waals surface area contributed by atoms with Crippen LogP contribution in [0.25, 0.3) is 10.9 Å². The van der Waals surface area contributed by atoms with E-state index in [1.54, 1.807) is 0 Å². The van der Waals surface area contributed by atoms with Crippen molar-refractivity contribution in [2.24, 2.45) is 0 Å². The van der Waals surface area contributed by atoms with Crippen LogP contribution < -0.4 is 5.32 Å². The van der Waals surface area contributed by atoms with E-state index in [2.05, 4.69) is 63.1 Å². The highest BCUT2D eigenvalue weighted by molar-refractivity contribution is 5.87. The van der Waals surface area contributed by atoms with Crippen LogP contribution in [-0.4, -0.2) is 11.5 Å². The molecular formula is C17H24N2. The molecule has 1 aromatic heterocycles. The monoisotopic (exact) mass is 256 g/mol. The molecule has 0 amide bonds. The van der Waals surface area contributed by atoms with Gasteiger partial charge in [0.1, 0.15) is 0 Å². The van der Waals surface area contributed by atoms with Crippen molar-refractivity contribution in [1.29, 1.82) is 0 Å². The first-order chi connectivity index (χ1) is 8.90. The number of benzene rings is 1. The molecule has 2 heteroatoms. The van der Waals surface area contributed by atoms with Gasteiger partial charge in [0.05, 0.1) is 0 Å². The molecule has 0 spiro atoms. The highest BCUT2D eigenvalue weighted by atomic mass is 15.0. The van der Waals surface area contributed by atoms with Gasteiger partial charge in [0.25, 0.3) is 0 Å². The molecule has 1 unspecified atom stereocenters. The zero-order valence-corrected chi connectivity index (χ0v) is 12.6. The highest BCUT2D eigenvalue weighted by Gasteiger charge is 2.34. The number of nitrogens with one attached hydrogen (secondary N) is 2. The second-order valence-electron chi connectivity index (χ2n) is 6.86. The minimum Gasteiger partial charge on any atom is -0.357 e. The van der Waals surface area contributed by atoms with Gasteiger partial charge in [-0.25, -0.2) is 0 Å². The van der Waals surface area contributed by atoms with E-state index in [9.17, 15) is 0 Å². The Kier molecular flexibility index (Phi) is 2.75. The van der Waals surface area contributed by atoms with Crippen LogP contribution in [0.5, 0.6) is 0 Å². The van der Waals surface area contributed by atoms with Crippen molar-refractivity contribution < 1.29 is 0 Å². The maximum Gasteiger partial charge on any atom is 0.0459 e. The largest absolute Gasteiger partial charge is 0.357 e. The van der Waals surface area contributed by atoms with Crippen molar-refractivity contribution in [3.05, 3.63) is 35.0 Å². The van der Waals surface area contributed by atoms with Crippen LogP contribution in [0.1, 0.15) is 63.4 Å². The van der Waals surface area contributed by atoms with Crippen molar-refractivity contribution in [3.8, 4) is 0 Å². The van der Waals surface area contributed by atoms with Crippen LogP contribution >= 0.6 is 0 Å². The minimum absolute atomic E-state index is 0.190. The maximum absolute atomic E-state index is 3.63. The number of hydrogen-bond acceptors (Lipinski definition) is 1. The van der Waals surface area contributed by atoms with E-state index < -0.39 is 0 Å². The number of aromatic amines is 1. The smallest absolute Gasteiger partial charge is 0.0459 e. The number of aromatic nitrogens is 1. The summed E-state index contributed by atoms with van der Waals surface area (Å²) in [6.07, 6.45) is 0. The van der Waals surface area contributed by atoms with Gasteiger partial charge in [0.15, 0.2) is 0 Å². The number of rotatable bonds is 1. The first-order valence-electron chi connectivity index (χ1n) is 7.29. The Morgan fingerprint density at radius 1 is 1.26 bits per heavy atom. The standard InChI is InChI=1S/C17H24N2/c1-10(2)12-6-7-14-13(8-12)15-16(19-14)11(3)18-9-17(15,4)5/h6-8,10-11,18-19H,9H2,1-5H3. The van der Waals surface area contributed by atoms with Crippen molar-refractivity contribution in [1.82, 2.24) is 10.3 Å². The third kappa shape index (κ3) is 1.90. The fourth-order valence-corrected chi connectivity index (χ4v) is 3.24. The summed E-state index contributed by atoms with van der Waals surface area (Å²) in [7, 11) is 0. The summed E-state index contributed by atoms with van der Waals surface area (Å²) in [6.45, 7) is 12.5. The SMILES string of the molecule is CC(C)c1ccc2[nH]c3c(c2c1)C(C)(C)CNC3C. The first kappa shape index (κ1) is 12.7. The van der Waals surface area contributed by atoms with Gasteiger partial charge in [0, 0.05) is 34.6 Å². The molecule has 0 bridgehead atoms. The molecule has 0 fully saturated rings. The summed E-state index contributed by atoms with van der Waals surface area (Å²) < 4.78 is 0. The van der Waals surface area contributed by atoms with Crippen LogP contribution in [0, 0.1) is 0 Å². The summed E-state index contributed by atoms with van der Waals surface area (Å²) in [5.41, 5.74) is 5.77. The molecule has 0 aliphatic carbocycles. The molecule has 2 nitrogen and oxygen atoms in total. The fourth-order valence-electron chi connectivity index (χ4n) is 3.24. The predicted molar refractivity (Wildman–Crippen MR) is 81.8 cm³/mol. The fraction of sp³-hybridized carbons (Fsp3) is 0.529. The molecule has 2 heterocycles. The lowest BCUT2D eigenvalue weighted by Crippen LogP contribution is -2.40. The van der Waals surface area contributed by atoms with Crippen LogP contribution in [0.4, 0.5) is 0 Å². The van der Waals surface area contributed by atoms with E-state index in [-0.39, 0.29) is 5.41 Å².